The molecule has 1 N–H and O–H groups in total. The third-order valence-electron chi connectivity index (χ3n) is 3.04. The molecule has 0 unspecified atom stereocenters. The van der Waals surface area contributed by atoms with Crippen molar-refractivity contribution in [3.63, 3.8) is 0 Å². The van der Waals surface area contributed by atoms with Gasteiger partial charge in [0.15, 0.2) is 0 Å². The van der Waals surface area contributed by atoms with Gasteiger partial charge in [0.2, 0.25) is 5.91 Å². The fourth-order valence-corrected chi connectivity index (χ4v) is 3.11. The Labute approximate surface area is 138 Å². The molecule has 0 atom stereocenters. The largest absolute Gasteiger partial charge is 0.325 e. The Morgan fingerprint density at radius 1 is 1.10 bits per heavy atom. The highest BCUT2D eigenvalue weighted by molar-refractivity contribution is 7.98. The van der Waals surface area contributed by atoms with E-state index in [1.54, 1.807) is 30.0 Å². The van der Waals surface area contributed by atoms with Gasteiger partial charge in [0, 0.05) is 21.4 Å². The topological polar surface area (TPSA) is 29.1 Å². The molecule has 21 heavy (non-hydrogen) atoms. The number of para-hydroxylation sites is 1. The number of amides is 1. The van der Waals surface area contributed by atoms with Crippen LogP contribution in [0.5, 0.6) is 0 Å². The molecule has 0 saturated heterocycles. The quantitative estimate of drug-likeness (QED) is 0.750. The first kappa shape index (κ1) is 16.2. The van der Waals surface area contributed by atoms with Gasteiger partial charge in [-0.3, -0.25) is 4.79 Å². The maximum Gasteiger partial charge on any atom is 0.224 e. The molecule has 2 rings (SSSR count). The first-order valence-corrected chi connectivity index (χ1v) is 8.45. The third kappa shape index (κ3) is 4.40. The number of nitrogens with one attached hydrogen (secondary N) is 1. The van der Waals surface area contributed by atoms with E-state index in [0.717, 1.165) is 16.1 Å². The zero-order valence-electron chi connectivity index (χ0n) is 11.5. The molecule has 0 heterocycles. The first-order valence-electron chi connectivity index (χ1n) is 6.47. The van der Waals surface area contributed by atoms with E-state index in [1.807, 2.05) is 30.5 Å². The lowest BCUT2D eigenvalue weighted by Gasteiger charge is -2.10. The summed E-state index contributed by atoms with van der Waals surface area (Å²) >= 11 is 13.8. The van der Waals surface area contributed by atoms with Crippen molar-refractivity contribution < 1.29 is 4.79 Å². The molecule has 5 heteroatoms. The lowest BCUT2D eigenvalue weighted by molar-refractivity contribution is -0.116. The highest BCUT2D eigenvalue weighted by atomic mass is 35.5. The van der Waals surface area contributed by atoms with Crippen LogP contribution in [0.4, 0.5) is 5.69 Å². The molecule has 0 radical (unpaired) electrons. The zero-order chi connectivity index (χ0) is 15.2. The summed E-state index contributed by atoms with van der Waals surface area (Å²) in [6, 6.07) is 13.1. The number of thioether (sulfide) groups is 1. The van der Waals surface area contributed by atoms with Crippen molar-refractivity contribution in [2.75, 3.05) is 11.6 Å². The summed E-state index contributed by atoms with van der Waals surface area (Å²) < 4.78 is 0. The molecule has 0 spiro atoms. The Morgan fingerprint density at radius 2 is 1.76 bits per heavy atom. The Balaban J connectivity index is 1.99. The Hall–Kier alpha value is -1.16. The van der Waals surface area contributed by atoms with Crippen LogP contribution < -0.4 is 5.32 Å². The lowest BCUT2D eigenvalue weighted by atomic mass is 10.1. The summed E-state index contributed by atoms with van der Waals surface area (Å²) in [5.74, 6) is -0.0486. The number of carbonyl (C=O) groups excluding carboxylic acids is 1. The van der Waals surface area contributed by atoms with Gasteiger partial charge in [0.25, 0.3) is 0 Å². The second-order valence-electron chi connectivity index (χ2n) is 4.45. The van der Waals surface area contributed by atoms with Gasteiger partial charge in [-0.1, -0.05) is 41.4 Å². The van der Waals surface area contributed by atoms with Crippen LogP contribution in [-0.2, 0) is 11.2 Å². The van der Waals surface area contributed by atoms with Crippen LogP contribution in [0.3, 0.4) is 0 Å². The van der Waals surface area contributed by atoms with E-state index >= 15 is 0 Å². The second kappa shape index (κ2) is 7.74. The first-order chi connectivity index (χ1) is 10.1. The van der Waals surface area contributed by atoms with Crippen molar-refractivity contribution >= 4 is 46.6 Å². The summed E-state index contributed by atoms with van der Waals surface area (Å²) in [7, 11) is 0. The van der Waals surface area contributed by atoms with Crippen LogP contribution in [0.1, 0.15) is 12.0 Å². The maximum atomic E-state index is 12.1. The number of carbonyl (C=O) groups is 1. The molecule has 0 bridgehead atoms. The number of rotatable bonds is 5. The summed E-state index contributed by atoms with van der Waals surface area (Å²) in [6.07, 6.45) is 2.84. The zero-order valence-corrected chi connectivity index (χ0v) is 13.9. The minimum Gasteiger partial charge on any atom is -0.325 e. The van der Waals surface area contributed by atoms with E-state index in [0.29, 0.717) is 22.9 Å². The van der Waals surface area contributed by atoms with Crippen LogP contribution in [0, 0.1) is 0 Å². The fourth-order valence-electron chi connectivity index (χ4n) is 1.97. The van der Waals surface area contributed by atoms with Gasteiger partial charge in [-0.25, -0.2) is 0 Å². The van der Waals surface area contributed by atoms with E-state index in [2.05, 4.69) is 5.32 Å². The van der Waals surface area contributed by atoms with Gasteiger partial charge in [-0.2, -0.15) is 0 Å². The van der Waals surface area contributed by atoms with Crippen molar-refractivity contribution in [2.45, 2.75) is 17.7 Å². The standard InChI is InChI=1S/C16H15Cl2NOS/c1-21-15-8-3-2-7-14(15)19-16(20)10-9-11-12(17)5-4-6-13(11)18/h2-8H,9-10H2,1H3,(H,19,20). The van der Waals surface area contributed by atoms with E-state index in [9.17, 15) is 4.79 Å². The van der Waals surface area contributed by atoms with E-state index in [1.165, 1.54) is 0 Å². The van der Waals surface area contributed by atoms with Crippen LogP contribution in [0.2, 0.25) is 10.0 Å². The molecule has 0 aliphatic carbocycles. The molecular formula is C16H15Cl2NOS. The Kier molecular flexibility index (Phi) is 5.97. The second-order valence-corrected chi connectivity index (χ2v) is 6.11. The Morgan fingerprint density at radius 3 is 2.43 bits per heavy atom. The smallest absolute Gasteiger partial charge is 0.224 e. The fraction of sp³-hybridized carbons (Fsp3) is 0.188. The molecule has 1 amide bonds. The highest BCUT2D eigenvalue weighted by Gasteiger charge is 2.10. The molecule has 110 valence electrons. The average molecular weight is 340 g/mol. The Bertz CT molecular complexity index is 626. The molecule has 0 fully saturated rings. The van der Waals surface area contributed by atoms with Gasteiger partial charge >= 0.3 is 0 Å². The molecular weight excluding hydrogens is 325 g/mol. The maximum absolute atomic E-state index is 12.1. The minimum absolute atomic E-state index is 0.0486. The molecule has 2 aromatic carbocycles. The van der Waals surface area contributed by atoms with E-state index in [-0.39, 0.29) is 5.91 Å². The predicted molar refractivity (Wildman–Crippen MR) is 91.6 cm³/mol. The van der Waals surface area contributed by atoms with Gasteiger partial charge in [-0.15, -0.1) is 11.8 Å². The number of hydrogen-bond acceptors (Lipinski definition) is 2. The van der Waals surface area contributed by atoms with Crippen molar-refractivity contribution in [1.82, 2.24) is 0 Å². The van der Waals surface area contributed by atoms with Crippen LogP contribution in [-0.4, -0.2) is 12.2 Å². The average Bonchev–Trinajstić information content (AvgIpc) is 2.47. The molecule has 2 aromatic rings. The van der Waals surface area contributed by atoms with Gasteiger partial charge in [0.05, 0.1) is 5.69 Å². The minimum atomic E-state index is -0.0486. The number of benzene rings is 2. The molecule has 0 aliphatic rings. The highest BCUT2D eigenvalue weighted by Crippen LogP contribution is 2.27. The van der Waals surface area contributed by atoms with Crippen LogP contribution in [0.25, 0.3) is 0 Å². The van der Waals surface area contributed by atoms with Crippen molar-refractivity contribution in [3.8, 4) is 0 Å². The molecule has 0 saturated carbocycles. The molecule has 0 aliphatic heterocycles. The summed E-state index contributed by atoms with van der Waals surface area (Å²) in [5, 5.41) is 4.12. The van der Waals surface area contributed by atoms with Gasteiger partial charge < -0.3 is 5.32 Å². The monoisotopic (exact) mass is 339 g/mol. The van der Waals surface area contributed by atoms with Gasteiger partial charge in [0.1, 0.15) is 0 Å². The van der Waals surface area contributed by atoms with E-state index in [4.69, 9.17) is 23.2 Å². The molecule has 2 nitrogen and oxygen atoms in total. The lowest BCUT2D eigenvalue weighted by Crippen LogP contribution is -2.13. The third-order valence-corrected chi connectivity index (χ3v) is 4.55. The number of halogens is 2. The number of hydrogen-bond donors (Lipinski definition) is 1. The van der Waals surface area contributed by atoms with Crippen molar-refractivity contribution in [3.05, 3.63) is 58.1 Å². The summed E-state index contributed by atoms with van der Waals surface area (Å²) in [4.78, 5) is 13.1. The van der Waals surface area contributed by atoms with Crippen LogP contribution in [0.15, 0.2) is 47.4 Å². The SMILES string of the molecule is CSc1ccccc1NC(=O)CCc1c(Cl)cccc1Cl. The van der Waals surface area contributed by atoms with E-state index < -0.39 is 0 Å². The summed E-state index contributed by atoms with van der Waals surface area (Å²) in [5.41, 5.74) is 1.65. The van der Waals surface area contributed by atoms with Crippen molar-refractivity contribution in [2.24, 2.45) is 0 Å². The predicted octanol–water partition coefficient (Wildman–Crippen LogP) is 5.29. The van der Waals surface area contributed by atoms with Crippen LogP contribution >= 0.6 is 35.0 Å². The summed E-state index contributed by atoms with van der Waals surface area (Å²) in [6.45, 7) is 0. The number of anilines is 1. The van der Waals surface area contributed by atoms with Crippen molar-refractivity contribution in [1.29, 1.82) is 0 Å². The van der Waals surface area contributed by atoms with Gasteiger partial charge in [-0.05, 0) is 42.5 Å². The molecule has 0 aromatic heterocycles. The normalized spacial score (nSPS) is 10.4.